The van der Waals surface area contributed by atoms with Crippen LogP contribution in [0.1, 0.15) is 5.56 Å². The summed E-state index contributed by atoms with van der Waals surface area (Å²) in [6.07, 6.45) is 0.430. The Labute approximate surface area is 185 Å². The zero-order chi connectivity index (χ0) is 24.1. The van der Waals surface area contributed by atoms with Crippen molar-refractivity contribution in [3.63, 3.8) is 0 Å². The topological polar surface area (TPSA) is 238 Å². The van der Waals surface area contributed by atoms with Gasteiger partial charge >= 0.3 is 0 Å². The second-order valence-electron chi connectivity index (χ2n) is 6.33. The van der Waals surface area contributed by atoms with E-state index in [0.29, 0.717) is 17.7 Å². The van der Waals surface area contributed by atoms with E-state index in [1.165, 1.54) is 6.07 Å². The van der Waals surface area contributed by atoms with Gasteiger partial charge < -0.3 is 27.6 Å². The standard InChI is InChI=1S/C17H24N8O5S2/c1-22-12-4-2-3-11(15(12)23-9-26)10-5-6-13(31(27,28)8-7-18)16(32(21,29)30)14(10)17(24-19)25-20/h2-6,9,22H,7-8,18-20H2,1H3,(H,23,26)(H,24,25)(H2,21,29,30). The number of carbonyl (C=O) groups is 1. The number of carbonyl (C=O) groups excluding carboxylic acids is 1. The number of hydrogen-bond donors (Lipinski definition) is 7. The number of benzene rings is 2. The molecule has 15 heteroatoms. The second-order valence-corrected chi connectivity index (χ2v) is 9.91. The molecule has 0 spiro atoms. The fourth-order valence-corrected chi connectivity index (χ4v) is 5.95. The van der Waals surface area contributed by atoms with Crippen LogP contribution in [0, 0.1) is 0 Å². The minimum absolute atomic E-state index is 0.129. The smallest absolute Gasteiger partial charge is 0.240 e. The Kier molecular flexibility index (Phi) is 7.76. The van der Waals surface area contributed by atoms with Gasteiger partial charge in [-0.3, -0.25) is 4.79 Å². The number of para-hydroxylation sites is 1. The Morgan fingerprint density at radius 3 is 2.31 bits per heavy atom. The maximum atomic E-state index is 12.8. The first-order valence-electron chi connectivity index (χ1n) is 8.96. The van der Waals surface area contributed by atoms with Gasteiger partial charge in [0.05, 0.1) is 22.0 Å². The van der Waals surface area contributed by atoms with Gasteiger partial charge in [0, 0.05) is 24.7 Å². The third kappa shape index (κ3) is 4.81. The van der Waals surface area contributed by atoms with E-state index in [9.17, 15) is 21.6 Å². The number of sulfone groups is 1. The Morgan fingerprint density at radius 1 is 1.12 bits per heavy atom. The first kappa shape index (κ1) is 25.0. The number of amides is 1. The van der Waals surface area contributed by atoms with E-state index in [2.05, 4.69) is 21.2 Å². The first-order valence-corrected chi connectivity index (χ1v) is 12.2. The lowest BCUT2D eigenvalue weighted by Gasteiger charge is -2.21. The highest BCUT2D eigenvalue weighted by Crippen LogP contribution is 2.39. The highest BCUT2D eigenvalue weighted by atomic mass is 32.2. The zero-order valence-electron chi connectivity index (χ0n) is 17.0. The molecule has 0 atom stereocenters. The van der Waals surface area contributed by atoms with Gasteiger partial charge in [0.1, 0.15) is 4.90 Å². The summed E-state index contributed by atoms with van der Waals surface area (Å²) in [6.45, 7) is -0.256. The maximum absolute atomic E-state index is 12.8. The van der Waals surface area contributed by atoms with Crippen LogP contribution in [0.2, 0.25) is 0 Å². The van der Waals surface area contributed by atoms with Gasteiger partial charge in [-0.15, -0.1) is 0 Å². The molecular weight excluding hydrogens is 460 g/mol. The molecule has 0 aliphatic carbocycles. The van der Waals surface area contributed by atoms with Crippen molar-refractivity contribution in [2.24, 2.45) is 27.7 Å². The minimum atomic E-state index is -4.66. The quantitative estimate of drug-likeness (QED) is 0.0709. The predicted octanol–water partition coefficient (Wildman–Crippen LogP) is -1.57. The summed E-state index contributed by atoms with van der Waals surface area (Å²) < 4.78 is 50.8. The Bertz CT molecular complexity index is 1260. The predicted molar refractivity (Wildman–Crippen MR) is 122 cm³/mol. The largest absolute Gasteiger partial charge is 0.386 e. The zero-order valence-corrected chi connectivity index (χ0v) is 18.6. The van der Waals surface area contributed by atoms with E-state index < -0.39 is 35.4 Å². The van der Waals surface area contributed by atoms with Gasteiger partial charge in [-0.2, -0.15) is 5.10 Å². The summed E-state index contributed by atoms with van der Waals surface area (Å²) in [7, 11) is -7.21. The number of nitrogens with one attached hydrogen (secondary N) is 3. The van der Waals surface area contributed by atoms with E-state index >= 15 is 0 Å². The lowest BCUT2D eigenvalue weighted by molar-refractivity contribution is -0.105. The van der Waals surface area contributed by atoms with Crippen molar-refractivity contribution in [2.75, 3.05) is 30.0 Å². The molecule has 32 heavy (non-hydrogen) atoms. The van der Waals surface area contributed by atoms with Gasteiger partial charge in [-0.05, 0) is 17.7 Å². The van der Waals surface area contributed by atoms with Crippen molar-refractivity contribution in [3.8, 4) is 11.1 Å². The molecule has 0 aromatic heterocycles. The Hall–Kier alpha value is -3.24. The average molecular weight is 485 g/mol. The lowest BCUT2D eigenvalue weighted by atomic mass is 9.96. The average Bonchev–Trinajstić information content (AvgIpc) is 2.74. The molecule has 0 heterocycles. The van der Waals surface area contributed by atoms with Crippen LogP contribution in [0.4, 0.5) is 11.4 Å². The van der Waals surface area contributed by atoms with Crippen LogP contribution in [0.15, 0.2) is 45.2 Å². The molecule has 0 unspecified atom stereocenters. The molecule has 2 aromatic carbocycles. The van der Waals surface area contributed by atoms with Crippen molar-refractivity contribution in [1.29, 1.82) is 0 Å². The molecular formula is C17H24N8O5S2. The van der Waals surface area contributed by atoms with Crippen molar-refractivity contribution in [2.45, 2.75) is 9.79 Å². The van der Waals surface area contributed by atoms with Crippen LogP contribution >= 0.6 is 0 Å². The molecule has 2 aromatic rings. The van der Waals surface area contributed by atoms with Crippen molar-refractivity contribution in [1.82, 2.24) is 5.43 Å². The number of hydrazine groups is 1. The highest BCUT2D eigenvalue weighted by Gasteiger charge is 2.32. The summed E-state index contributed by atoms with van der Waals surface area (Å²) in [4.78, 5) is 9.86. The number of hydrazone groups is 1. The molecule has 174 valence electrons. The molecule has 0 fully saturated rings. The molecule has 13 nitrogen and oxygen atoms in total. The van der Waals surface area contributed by atoms with Crippen molar-refractivity contribution >= 4 is 43.5 Å². The molecule has 0 saturated carbocycles. The molecule has 2 rings (SSSR count). The molecule has 0 bridgehead atoms. The molecule has 11 N–H and O–H groups in total. The van der Waals surface area contributed by atoms with E-state index in [-0.39, 0.29) is 29.2 Å². The number of nitrogens with two attached hydrogens (primary N) is 4. The molecule has 0 radical (unpaired) electrons. The number of nitrogens with zero attached hydrogens (tertiary/aromatic N) is 1. The van der Waals surface area contributed by atoms with Gasteiger partial charge in [-0.1, -0.05) is 18.2 Å². The van der Waals surface area contributed by atoms with E-state index in [0.717, 1.165) is 6.07 Å². The van der Waals surface area contributed by atoms with Gasteiger partial charge in [0.15, 0.2) is 15.7 Å². The van der Waals surface area contributed by atoms with Crippen LogP contribution in [0.25, 0.3) is 11.1 Å². The second kappa shape index (κ2) is 9.92. The van der Waals surface area contributed by atoms with Crippen LogP contribution in [0.3, 0.4) is 0 Å². The fraction of sp³-hybridized carbons (Fsp3) is 0.176. The molecule has 0 saturated heterocycles. The first-order chi connectivity index (χ1) is 15.1. The van der Waals surface area contributed by atoms with Crippen LogP contribution in [-0.4, -0.2) is 48.4 Å². The van der Waals surface area contributed by atoms with Crippen LogP contribution < -0.4 is 38.6 Å². The van der Waals surface area contributed by atoms with E-state index in [1.54, 1.807) is 25.2 Å². The minimum Gasteiger partial charge on any atom is -0.386 e. The number of primary sulfonamides is 1. The fourth-order valence-electron chi connectivity index (χ4n) is 3.19. The van der Waals surface area contributed by atoms with Crippen molar-refractivity contribution in [3.05, 3.63) is 35.9 Å². The summed E-state index contributed by atoms with van der Waals surface area (Å²) in [5.74, 6) is 10.0. The van der Waals surface area contributed by atoms with E-state index in [4.69, 9.17) is 22.6 Å². The lowest BCUT2D eigenvalue weighted by Crippen LogP contribution is -2.35. The van der Waals surface area contributed by atoms with E-state index in [1.807, 2.05) is 0 Å². The molecule has 0 aliphatic heterocycles. The highest BCUT2D eigenvalue weighted by molar-refractivity contribution is 7.93. The van der Waals surface area contributed by atoms with Crippen molar-refractivity contribution < 1.29 is 21.6 Å². The number of amidine groups is 1. The normalized spacial score (nSPS) is 12.3. The number of sulfonamides is 1. The summed E-state index contributed by atoms with van der Waals surface area (Å²) in [5.41, 5.74) is 8.45. The number of rotatable bonds is 9. The van der Waals surface area contributed by atoms with Gasteiger partial charge in [0.25, 0.3) is 0 Å². The number of hydrogen-bond acceptors (Lipinski definition) is 10. The Balaban J connectivity index is 3.15. The molecule has 0 aliphatic rings. The Morgan fingerprint density at radius 2 is 1.81 bits per heavy atom. The SMILES string of the molecule is CNc1cccc(-c2ccc(S(=O)(=O)CCN)c(S(N)(=O)=O)c2/C(=N/N)NN)c1NC=O. The monoisotopic (exact) mass is 484 g/mol. The summed E-state index contributed by atoms with van der Waals surface area (Å²) in [5, 5.41) is 14.3. The van der Waals surface area contributed by atoms with Gasteiger partial charge in [0.2, 0.25) is 16.4 Å². The molecule has 1 amide bonds. The third-order valence-corrected chi connectivity index (χ3v) is 7.36. The summed E-state index contributed by atoms with van der Waals surface area (Å²) in [6, 6.07) is 7.28. The van der Waals surface area contributed by atoms with Crippen LogP contribution in [-0.2, 0) is 24.7 Å². The summed E-state index contributed by atoms with van der Waals surface area (Å²) >= 11 is 0. The van der Waals surface area contributed by atoms with Crippen LogP contribution in [0.5, 0.6) is 0 Å². The van der Waals surface area contributed by atoms with Gasteiger partial charge in [-0.25, -0.2) is 27.8 Å². The third-order valence-electron chi connectivity index (χ3n) is 4.46. The maximum Gasteiger partial charge on any atom is 0.240 e. The number of anilines is 2.